The molecule has 114 valence electrons. The summed E-state index contributed by atoms with van der Waals surface area (Å²) in [4.78, 5) is 10.7. The largest absolute Gasteiger partial charge is 0.484 e. The molecule has 2 aliphatic rings. The zero-order chi connectivity index (χ0) is 14.7. The van der Waals surface area contributed by atoms with Gasteiger partial charge in [-0.1, -0.05) is 12.8 Å². The van der Waals surface area contributed by atoms with Crippen molar-refractivity contribution in [3.05, 3.63) is 24.3 Å². The molecular weight excluding hydrogens is 264 g/mol. The van der Waals surface area contributed by atoms with E-state index in [9.17, 15) is 4.79 Å². The van der Waals surface area contributed by atoms with Crippen LogP contribution in [0.4, 0.5) is 5.69 Å². The van der Waals surface area contributed by atoms with E-state index in [4.69, 9.17) is 10.5 Å². The molecule has 0 spiro atoms. The van der Waals surface area contributed by atoms with Gasteiger partial charge in [0.25, 0.3) is 5.91 Å². The third kappa shape index (κ3) is 4.13. The van der Waals surface area contributed by atoms with E-state index >= 15 is 0 Å². The van der Waals surface area contributed by atoms with Gasteiger partial charge in [0.05, 0.1) is 0 Å². The molecule has 3 rings (SSSR count). The van der Waals surface area contributed by atoms with Gasteiger partial charge in [-0.05, 0) is 61.8 Å². The minimum atomic E-state index is -0.453. The van der Waals surface area contributed by atoms with E-state index in [2.05, 4.69) is 5.32 Å². The second-order valence-electron chi connectivity index (χ2n) is 6.38. The van der Waals surface area contributed by atoms with Crippen molar-refractivity contribution in [3.8, 4) is 5.75 Å². The van der Waals surface area contributed by atoms with Crippen LogP contribution in [0.2, 0.25) is 0 Å². The van der Waals surface area contributed by atoms with Crippen LogP contribution in [0.5, 0.6) is 5.75 Å². The Labute approximate surface area is 126 Å². The van der Waals surface area contributed by atoms with Crippen LogP contribution in [0, 0.1) is 11.8 Å². The second-order valence-corrected chi connectivity index (χ2v) is 6.38. The normalized spacial score (nSPS) is 25.3. The molecule has 4 heteroatoms. The van der Waals surface area contributed by atoms with E-state index in [0.717, 1.165) is 17.5 Å². The molecule has 21 heavy (non-hydrogen) atoms. The zero-order valence-corrected chi connectivity index (χ0v) is 12.4. The fourth-order valence-corrected chi connectivity index (χ4v) is 3.39. The van der Waals surface area contributed by atoms with Crippen molar-refractivity contribution >= 4 is 11.6 Å². The summed E-state index contributed by atoms with van der Waals surface area (Å²) in [5.74, 6) is 2.18. The van der Waals surface area contributed by atoms with Crippen LogP contribution in [0.25, 0.3) is 0 Å². The maximum absolute atomic E-state index is 10.7. The predicted octanol–water partition coefficient (Wildman–Crippen LogP) is 2.93. The highest BCUT2D eigenvalue weighted by Gasteiger charge is 2.34. The zero-order valence-electron chi connectivity index (χ0n) is 12.4. The number of nitrogens with one attached hydrogen (secondary N) is 1. The molecule has 0 aromatic heterocycles. The lowest BCUT2D eigenvalue weighted by Gasteiger charge is -2.30. The third-order valence-electron chi connectivity index (χ3n) is 4.61. The molecule has 1 amide bonds. The predicted molar refractivity (Wildman–Crippen MR) is 83.2 cm³/mol. The Bertz CT molecular complexity index is 482. The molecular formula is C17H24N2O2. The van der Waals surface area contributed by atoms with Crippen molar-refractivity contribution in [3.63, 3.8) is 0 Å². The van der Waals surface area contributed by atoms with Gasteiger partial charge in [0.1, 0.15) is 5.75 Å². The third-order valence-corrected chi connectivity index (χ3v) is 4.61. The molecule has 1 aromatic rings. The van der Waals surface area contributed by atoms with Gasteiger partial charge in [-0.3, -0.25) is 4.79 Å². The van der Waals surface area contributed by atoms with Crippen LogP contribution < -0.4 is 15.8 Å². The Hall–Kier alpha value is -1.71. The summed E-state index contributed by atoms with van der Waals surface area (Å²) in [6.45, 7) is -0.0710. The van der Waals surface area contributed by atoms with Crippen LogP contribution in [0.3, 0.4) is 0 Å². The maximum Gasteiger partial charge on any atom is 0.255 e. The molecule has 2 fully saturated rings. The van der Waals surface area contributed by atoms with Crippen molar-refractivity contribution in [1.82, 2.24) is 0 Å². The Kier molecular flexibility index (Phi) is 4.32. The standard InChI is InChI=1S/C17H24N2O2/c18-17(20)11-21-16-8-6-14(7-9-16)19-15-3-1-2-13(10-15)12-4-5-12/h6-9,12-13,15,19H,1-5,10-11H2,(H2,18,20). The number of carbonyl (C=O) groups is 1. The summed E-state index contributed by atoms with van der Waals surface area (Å²) >= 11 is 0. The Morgan fingerprint density at radius 3 is 2.57 bits per heavy atom. The molecule has 0 saturated heterocycles. The van der Waals surface area contributed by atoms with Gasteiger partial charge in [0.2, 0.25) is 0 Å². The molecule has 2 unspecified atom stereocenters. The van der Waals surface area contributed by atoms with Crippen LogP contribution in [-0.2, 0) is 4.79 Å². The smallest absolute Gasteiger partial charge is 0.255 e. The number of primary amides is 1. The fourth-order valence-electron chi connectivity index (χ4n) is 3.39. The molecule has 1 aromatic carbocycles. The Morgan fingerprint density at radius 2 is 1.90 bits per heavy atom. The van der Waals surface area contributed by atoms with Crippen LogP contribution >= 0.6 is 0 Å². The molecule has 2 atom stereocenters. The molecule has 0 radical (unpaired) electrons. The number of carbonyl (C=O) groups excluding carboxylic acids is 1. The first-order chi connectivity index (χ1) is 10.2. The van der Waals surface area contributed by atoms with Crippen molar-refractivity contribution in [2.45, 2.75) is 44.6 Å². The van der Waals surface area contributed by atoms with Crippen molar-refractivity contribution < 1.29 is 9.53 Å². The SMILES string of the molecule is NC(=O)COc1ccc(NC2CCCC(C3CC3)C2)cc1. The monoisotopic (exact) mass is 288 g/mol. The number of amides is 1. The number of benzene rings is 1. The van der Waals surface area contributed by atoms with Gasteiger partial charge in [-0.2, -0.15) is 0 Å². The van der Waals surface area contributed by atoms with Gasteiger partial charge < -0.3 is 15.8 Å². The summed E-state index contributed by atoms with van der Waals surface area (Å²) in [6, 6.07) is 8.38. The van der Waals surface area contributed by atoms with E-state index in [1.807, 2.05) is 24.3 Å². The van der Waals surface area contributed by atoms with E-state index < -0.39 is 5.91 Å². The molecule has 0 aliphatic heterocycles. The van der Waals surface area contributed by atoms with E-state index in [-0.39, 0.29) is 6.61 Å². The van der Waals surface area contributed by atoms with Gasteiger partial charge in [-0.25, -0.2) is 0 Å². The second kappa shape index (κ2) is 6.37. The van der Waals surface area contributed by atoms with E-state index in [0.29, 0.717) is 11.8 Å². The first-order valence-electron chi connectivity index (χ1n) is 7.98. The average molecular weight is 288 g/mol. The average Bonchev–Trinajstić information content (AvgIpc) is 3.31. The van der Waals surface area contributed by atoms with Gasteiger partial charge in [0.15, 0.2) is 6.61 Å². The first kappa shape index (κ1) is 14.2. The highest BCUT2D eigenvalue weighted by atomic mass is 16.5. The molecule has 3 N–H and O–H groups in total. The molecule has 0 heterocycles. The molecule has 2 aliphatic carbocycles. The summed E-state index contributed by atoms with van der Waals surface area (Å²) in [5.41, 5.74) is 6.19. The van der Waals surface area contributed by atoms with Crippen LogP contribution in [0.1, 0.15) is 38.5 Å². The highest BCUT2D eigenvalue weighted by Crippen LogP contribution is 2.44. The van der Waals surface area contributed by atoms with Crippen molar-refractivity contribution in [1.29, 1.82) is 0 Å². The lowest BCUT2D eigenvalue weighted by molar-refractivity contribution is -0.119. The number of nitrogens with two attached hydrogens (primary N) is 1. The van der Waals surface area contributed by atoms with Crippen molar-refractivity contribution in [2.24, 2.45) is 17.6 Å². The quantitative estimate of drug-likeness (QED) is 0.846. The van der Waals surface area contributed by atoms with Crippen LogP contribution in [-0.4, -0.2) is 18.6 Å². The molecule has 0 bridgehead atoms. The summed E-state index contributed by atoms with van der Waals surface area (Å²) in [6.07, 6.45) is 8.24. The summed E-state index contributed by atoms with van der Waals surface area (Å²) in [7, 11) is 0. The number of ether oxygens (including phenoxy) is 1. The lowest BCUT2D eigenvalue weighted by atomic mass is 9.82. The van der Waals surface area contributed by atoms with Crippen molar-refractivity contribution in [2.75, 3.05) is 11.9 Å². The first-order valence-corrected chi connectivity index (χ1v) is 7.98. The molecule has 2 saturated carbocycles. The van der Waals surface area contributed by atoms with Gasteiger partial charge >= 0.3 is 0 Å². The van der Waals surface area contributed by atoms with Gasteiger partial charge in [-0.15, -0.1) is 0 Å². The maximum atomic E-state index is 10.7. The number of anilines is 1. The summed E-state index contributed by atoms with van der Waals surface area (Å²) in [5, 5.41) is 3.64. The summed E-state index contributed by atoms with van der Waals surface area (Å²) < 4.78 is 5.27. The molecule has 4 nitrogen and oxygen atoms in total. The highest BCUT2D eigenvalue weighted by molar-refractivity contribution is 5.75. The fraction of sp³-hybridized carbons (Fsp3) is 0.588. The Balaban J connectivity index is 1.51. The topological polar surface area (TPSA) is 64.4 Å². The number of hydrogen-bond acceptors (Lipinski definition) is 3. The minimum absolute atomic E-state index is 0.0710. The lowest BCUT2D eigenvalue weighted by Crippen LogP contribution is -2.28. The van der Waals surface area contributed by atoms with Gasteiger partial charge in [0, 0.05) is 11.7 Å². The van der Waals surface area contributed by atoms with Crippen LogP contribution in [0.15, 0.2) is 24.3 Å². The minimum Gasteiger partial charge on any atom is -0.484 e. The van der Waals surface area contributed by atoms with E-state index in [1.54, 1.807) is 0 Å². The van der Waals surface area contributed by atoms with E-state index in [1.165, 1.54) is 38.5 Å². The number of rotatable bonds is 6. The number of hydrogen-bond donors (Lipinski definition) is 2. The Morgan fingerprint density at radius 1 is 1.14 bits per heavy atom.